The van der Waals surface area contributed by atoms with E-state index in [1.165, 1.54) is 0 Å². The first kappa shape index (κ1) is 13.7. The number of hydrazine groups is 2. The number of nitrogens with zero attached hydrogens (tertiary/aromatic N) is 5. The van der Waals surface area contributed by atoms with E-state index in [4.69, 9.17) is 10.6 Å². The molecule has 0 bridgehead atoms. The molecule has 9 heteroatoms. The number of hydrogen-bond acceptors (Lipinski definition) is 9. The van der Waals surface area contributed by atoms with Crippen molar-refractivity contribution in [1.29, 1.82) is 0 Å². The van der Waals surface area contributed by atoms with E-state index >= 15 is 0 Å². The Morgan fingerprint density at radius 3 is 2.47 bits per heavy atom. The van der Waals surface area contributed by atoms with E-state index in [2.05, 4.69) is 42.8 Å². The fraction of sp³-hybridized carbons (Fsp3) is 0.700. The van der Waals surface area contributed by atoms with Crippen molar-refractivity contribution in [2.75, 3.05) is 50.7 Å². The summed E-state index contributed by atoms with van der Waals surface area (Å²) < 4.78 is 5.27. The average molecular weight is 268 g/mol. The molecular weight excluding hydrogens is 248 g/mol. The molecule has 9 nitrogen and oxygen atoms in total. The van der Waals surface area contributed by atoms with E-state index in [-0.39, 0.29) is 12.0 Å². The van der Waals surface area contributed by atoms with E-state index < -0.39 is 0 Å². The predicted octanol–water partition coefficient (Wildman–Crippen LogP) is -0.870. The molecule has 0 amide bonds. The highest BCUT2D eigenvalue weighted by Gasteiger charge is 2.15. The minimum absolute atomic E-state index is 0.252. The fourth-order valence-corrected chi connectivity index (χ4v) is 1.72. The molecular formula is C10H20N8O. The van der Waals surface area contributed by atoms with Gasteiger partial charge in [-0.2, -0.15) is 15.0 Å². The molecule has 2 rings (SSSR count). The van der Waals surface area contributed by atoms with Gasteiger partial charge in [-0.05, 0) is 14.0 Å². The number of ether oxygens (including phenoxy) is 1. The van der Waals surface area contributed by atoms with E-state index in [0.29, 0.717) is 12.6 Å². The minimum Gasteiger partial charge on any atom is -0.464 e. The zero-order valence-electron chi connectivity index (χ0n) is 11.3. The van der Waals surface area contributed by atoms with Crippen molar-refractivity contribution in [1.82, 2.24) is 24.9 Å². The van der Waals surface area contributed by atoms with Crippen LogP contribution in [-0.2, 0) is 0 Å². The standard InChI is InChI=1S/C10H20N8O/c1-3-19-10-13-8(15-11)12-9(14-10)16-18-6-4-17(2)5-7-18/h3-7,11H2,1-2H3,(H2,12,13,14,15,16). The van der Waals surface area contributed by atoms with Gasteiger partial charge in [0.15, 0.2) is 0 Å². The summed E-state index contributed by atoms with van der Waals surface area (Å²) in [5.74, 6) is 6.03. The number of piperazine rings is 1. The summed E-state index contributed by atoms with van der Waals surface area (Å²) in [7, 11) is 2.10. The third-order valence-electron chi connectivity index (χ3n) is 2.78. The van der Waals surface area contributed by atoms with E-state index in [9.17, 15) is 0 Å². The van der Waals surface area contributed by atoms with Gasteiger partial charge in [-0.25, -0.2) is 10.9 Å². The van der Waals surface area contributed by atoms with E-state index in [0.717, 1.165) is 26.2 Å². The molecule has 0 unspecified atom stereocenters. The summed E-state index contributed by atoms with van der Waals surface area (Å²) in [5.41, 5.74) is 5.55. The van der Waals surface area contributed by atoms with Crippen LogP contribution in [0.25, 0.3) is 0 Å². The zero-order chi connectivity index (χ0) is 13.7. The Kier molecular flexibility index (Phi) is 4.66. The lowest BCUT2D eigenvalue weighted by Crippen LogP contribution is -2.47. The number of hydrogen-bond donors (Lipinski definition) is 3. The predicted molar refractivity (Wildman–Crippen MR) is 71.5 cm³/mol. The average Bonchev–Trinajstić information content (AvgIpc) is 2.41. The highest BCUT2D eigenvalue weighted by Crippen LogP contribution is 2.11. The van der Waals surface area contributed by atoms with Crippen LogP contribution in [-0.4, -0.2) is 64.7 Å². The third kappa shape index (κ3) is 3.88. The van der Waals surface area contributed by atoms with Crippen LogP contribution in [0, 0.1) is 0 Å². The first-order chi connectivity index (χ1) is 9.21. The molecule has 4 N–H and O–H groups in total. The quantitative estimate of drug-likeness (QED) is 0.464. The van der Waals surface area contributed by atoms with Crippen LogP contribution in [0.15, 0.2) is 0 Å². The van der Waals surface area contributed by atoms with Crippen molar-refractivity contribution >= 4 is 11.9 Å². The van der Waals surface area contributed by atoms with E-state index in [1.807, 2.05) is 6.92 Å². The number of anilines is 2. The Bertz CT molecular complexity index is 407. The number of nitrogens with two attached hydrogens (primary N) is 1. The van der Waals surface area contributed by atoms with Crippen molar-refractivity contribution in [2.24, 2.45) is 5.84 Å². The number of nitrogen functional groups attached to an aromatic ring is 1. The van der Waals surface area contributed by atoms with Gasteiger partial charge in [-0.15, -0.1) is 0 Å². The second-order valence-corrected chi connectivity index (χ2v) is 4.24. The Hall–Kier alpha value is -1.71. The molecule has 0 aromatic carbocycles. The van der Waals surface area contributed by atoms with Gasteiger partial charge in [0.1, 0.15) is 0 Å². The second-order valence-electron chi connectivity index (χ2n) is 4.24. The number of nitrogens with one attached hydrogen (secondary N) is 2. The van der Waals surface area contributed by atoms with Gasteiger partial charge in [0, 0.05) is 26.2 Å². The van der Waals surface area contributed by atoms with Gasteiger partial charge in [-0.3, -0.25) is 10.9 Å². The van der Waals surface area contributed by atoms with Crippen molar-refractivity contribution in [3.63, 3.8) is 0 Å². The monoisotopic (exact) mass is 268 g/mol. The highest BCUT2D eigenvalue weighted by molar-refractivity contribution is 5.34. The molecule has 0 aliphatic carbocycles. The lowest BCUT2D eigenvalue weighted by molar-refractivity contribution is 0.177. The first-order valence-electron chi connectivity index (χ1n) is 6.27. The van der Waals surface area contributed by atoms with Crippen molar-refractivity contribution in [2.45, 2.75) is 6.92 Å². The van der Waals surface area contributed by atoms with Crippen LogP contribution < -0.4 is 21.4 Å². The molecule has 0 atom stereocenters. The molecule has 1 saturated heterocycles. The van der Waals surface area contributed by atoms with Crippen LogP contribution in [0.3, 0.4) is 0 Å². The molecule has 1 fully saturated rings. The van der Waals surface area contributed by atoms with Gasteiger partial charge >= 0.3 is 6.01 Å². The molecule has 106 valence electrons. The normalized spacial score (nSPS) is 17.2. The van der Waals surface area contributed by atoms with Crippen molar-refractivity contribution in [3.8, 4) is 6.01 Å². The molecule has 19 heavy (non-hydrogen) atoms. The van der Waals surface area contributed by atoms with Gasteiger partial charge in [0.05, 0.1) is 6.61 Å². The molecule has 2 heterocycles. The molecule has 0 radical (unpaired) electrons. The highest BCUT2D eigenvalue weighted by atomic mass is 16.5. The van der Waals surface area contributed by atoms with Gasteiger partial charge in [-0.1, -0.05) is 0 Å². The summed E-state index contributed by atoms with van der Waals surface area (Å²) in [6, 6.07) is 0.252. The molecule has 1 aromatic heterocycles. The lowest BCUT2D eigenvalue weighted by atomic mass is 10.4. The summed E-state index contributed by atoms with van der Waals surface area (Å²) >= 11 is 0. The maximum Gasteiger partial charge on any atom is 0.323 e. The second kappa shape index (κ2) is 6.45. The number of likely N-dealkylation sites (N-methyl/N-ethyl adjacent to an activating group) is 1. The van der Waals surface area contributed by atoms with Crippen LogP contribution in [0.1, 0.15) is 6.92 Å². The Labute approximate surface area is 112 Å². The lowest BCUT2D eigenvalue weighted by Gasteiger charge is -2.32. The fourth-order valence-electron chi connectivity index (χ4n) is 1.72. The number of rotatable bonds is 5. The van der Waals surface area contributed by atoms with Crippen LogP contribution in [0.5, 0.6) is 6.01 Å². The van der Waals surface area contributed by atoms with Gasteiger partial charge in [0.2, 0.25) is 11.9 Å². The van der Waals surface area contributed by atoms with Gasteiger partial charge < -0.3 is 9.64 Å². The Balaban J connectivity index is 2.04. The first-order valence-corrected chi connectivity index (χ1v) is 6.27. The SMILES string of the molecule is CCOc1nc(NN)nc(NN2CCN(C)CC2)n1. The molecule has 0 saturated carbocycles. The zero-order valence-corrected chi connectivity index (χ0v) is 11.3. The van der Waals surface area contributed by atoms with Crippen molar-refractivity contribution in [3.05, 3.63) is 0 Å². The number of aromatic nitrogens is 3. The summed E-state index contributed by atoms with van der Waals surface area (Å²) in [5, 5.41) is 2.06. The smallest absolute Gasteiger partial charge is 0.323 e. The third-order valence-corrected chi connectivity index (χ3v) is 2.78. The van der Waals surface area contributed by atoms with Gasteiger partial charge in [0.25, 0.3) is 0 Å². The maximum absolute atomic E-state index is 5.33. The molecule has 0 spiro atoms. The summed E-state index contributed by atoms with van der Waals surface area (Å²) in [6.07, 6.45) is 0. The summed E-state index contributed by atoms with van der Waals surface area (Å²) in [6.45, 7) is 6.15. The van der Waals surface area contributed by atoms with Crippen LogP contribution in [0.4, 0.5) is 11.9 Å². The minimum atomic E-state index is 0.252. The topological polar surface area (TPSA) is 104 Å². The molecule has 1 aliphatic rings. The maximum atomic E-state index is 5.33. The Morgan fingerprint density at radius 1 is 1.16 bits per heavy atom. The largest absolute Gasteiger partial charge is 0.464 e. The van der Waals surface area contributed by atoms with Crippen LogP contribution in [0.2, 0.25) is 0 Å². The molecule has 1 aliphatic heterocycles. The Morgan fingerprint density at radius 2 is 1.84 bits per heavy atom. The summed E-state index contributed by atoms with van der Waals surface area (Å²) in [4.78, 5) is 14.6. The molecule has 1 aromatic rings. The van der Waals surface area contributed by atoms with Crippen LogP contribution >= 0.6 is 0 Å². The van der Waals surface area contributed by atoms with E-state index in [1.54, 1.807) is 0 Å². The van der Waals surface area contributed by atoms with Crippen molar-refractivity contribution < 1.29 is 4.74 Å².